The quantitative estimate of drug-likeness (QED) is 0.911. The molecule has 0 bridgehead atoms. The fourth-order valence-corrected chi connectivity index (χ4v) is 2.53. The van der Waals surface area contributed by atoms with Gasteiger partial charge in [-0.2, -0.15) is 0 Å². The Hall–Kier alpha value is -2.01. The van der Waals surface area contributed by atoms with Gasteiger partial charge < -0.3 is 20.4 Å². The topological polar surface area (TPSA) is 69.3 Å². The van der Waals surface area contributed by atoms with Crippen LogP contribution in [0.2, 0.25) is 0 Å². The van der Waals surface area contributed by atoms with E-state index in [1.54, 1.807) is 0 Å². The summed E-state index contributed by atoms with van der Waals surface area (Å²) in [4.78, 5) is 11.9. The molecule has 0 aliphatic rings. The number of ether oxygens (including phenoxy) is 1. The van der Waals surface area contributed by atoms with Gasteiger partial charge in [0.05, 0.1) is 0 Å². The van der Waals surface area contributed by atoms with Crippen LogP contribution >= 0.6 is 0 Å². The molecule has 0 radical (unpaired) electrons. The van der Waals surface area contributed by atoms with Crippen LogP contribution in [-0.2, 0) is 17.2 Å². The van der Waals surface area contributed by atoms with E-state index in [9.17, 15) is 4.79 Å². The maximum atomic E-state index is 11.9. The van der Waals surface area contributed by atoms with Gasteiger partial charge in [-0.1, -0.05) is 13.0 Å². The van der Waals surface area contributed by atoms with E-state index in [0.29, 0.717) is 13.1 Å². The summed E-state index contributed by atoms with van der Waals surface area (Å²) in [7, 11) is 2.02. The zero-order valence-electron chi connectivity index (χ0n) is 14.6. The zero-order valence-corrected chi connectivity index (χ0v) is 14.6. The Morgan fingerprint density at radius 3 is 2.57 bits per heavy atom. The number of hydrogen-bond acceptors (Lipinski definition) is 3. The molecule has 0 aliphatic heterocycles. The summed E-state index contributed by atoms with van der Waals surface area (Å²) >= 11 is 0. The Kier molecular flexibility index (Phi) is 4.71. The second kappa shape index (κ2) is 6.24. The van der Waals surface area contributed by atoms with Crippen molar-refractivity contribution in [2.45, 2.75) is 38.7 Å². The predicted molar refractivity (Wildman–Crippen MR) is 93.6 cm³/mol. The van der Waals surface area contributed by atoms with Crippen molar-refractivity contribution in [2.24, 2.45) is 12.8 Å². The second-order valence-electron chi connectivity index (χ2n) is 7.32. The summed E-state index contributed by atoms with van der Waals surface area (Å²) in [6.07, 6.45) is 1.62. The normalized spacial score (nSPS) is 14.5. The number of alkyl carbamates (subject to hydrolysis) is 1. The Bertz CT molecular complexity index is 700. The summed E-state index contributed by atoms with van der Waals surface area (Å²) in [5, 5.41) is 4.00. The van der Waals surface area contributed by atoms with Crippen molar-refractivity contribution in [1.82, 2.24) is 9.88 Å². The summed E-state index contributed by atoms with van der Waals surface area (Å²) in [5.41, 5.74) is 7.43. The van der Waals surface area contributed by atoms with Crippen molar-refractivity contribution in [2.75, 3.05) is 13.1 Å². The van der Waals surface area contributed by atoms with Crippen molar-refractivity contribution < 1.29 is 9.53 Å². The van der Waals surface area contributed by atoms with Gasteiger partial charge in [-0.05, 0) is 49.9 Å². The van der Waals surface area contributed by atoms with Crippen molar-refractivity contribution in [3.05, 3.63) is 36.0 Å². The highest BCUT2D eigenvalue weighted by Crippen LogP contribution is 2.26. The molecule has 1 atom stereocenters. The van der Waals surface area contributed by atoms with E-state index in [0.717, 1.165) is 5.56 Å². The second-order valence-corrected chi connectivity index (χ2v) is 7.32. The molecule has 126 valence electrons. The molecule has 3 N–H and O–H groups in total. The van der Waals surface area contributed by atoms with Crippen LogP contribution in [0.3, 0.4) is 0 Å². The number of amides is 1. The SMILES string of the molecule is Cn1ccc2cc(C(C)(CN)CNC(=O)OC(C)(C)C)ccc21. The minimum Gasteiger partial charge on any atom is -0.444 e. The first-order valence-electron chi connectivity index (χ1n) is 7.87. The third-order valence-corrected chi connectivity index (χ3v) is 4.05. The zero-order chi connectivity index (χ0) is 17.3. The van der Waals surface area contributed by atoms with Crippen LogP contribution in [-0.4, -0.2) is 29.4 Å². The molecule has 5 nitrogen and oxygen atoms in total. The number of rotatable bonds is 4. The minimum atomic E-state index is -0.508. The van der Waals surface area contributed by atoms with Crippen molar-refractivity contribution in [3.63, 3.8) is 0 Å². The first-order chi connectivity index (χ1) is 10.6. The van der Waals surface area contributed by atoms with E-state index in [-0.39, 0.29) is 5.41 Å². The predicted octanol–water partition coefficient (Wildman–Crippen LogP) is 2.92. The van der Waals surface area contributed by atoms with Gasteiger partial charge in [0.2, 0.25) is 0 Å². The molecule has 2 rings (SSSR count). The number of nitrogens with two attached hydrogens (primary N) is 1. The number of carbonyl (C=O) groups is 1. The largest absolute Gasteiger partial charge is 0.444 e. The van der Waals surface area contributed by atoms with Gasteiger partial charge in [-0.3, -0.25) is 0 Å². The summed E-state index contributed by atoms with van der Waals surface area (Å²) in [6.45, 7) is 8.44. The summed E-state index contributed by atoms with van der Waals surface area (Å²) in [5.74, 6) is 0. The third kappa shape index (κ3) is 4.05. The highest BCUT2D eigenvalue weighted by molar-refractivity contribution is 5.81. The number of nitrogens with zero attached hydrogens (tertiary/aromatic N) is 1. The lowest BCUT2D eigenvalue weighted by Gasteiger charge is -2.30. The number of fused-ring (bicyclic) bond motifs is 1. The van der Waals surface area contributed by atoms with Crippen LogP contribution in [0.4, 0.5) is 4.79 Å². The molecule has 0 fully saturated rings. The number of nitrogens with one attached hydrogen (secondary N) is 1. The van der Waals surface area contributed by atoms with Gasteiger partial charge >= 0.3 is 6.09 Å². The molecule has 1 amide bonds. The lowest BCUT2D eigenvalue weighted by molar-refractivity contribution is 0.0516. The highest BCUT2D eigenvalue weighted by atomic mass is 16.6. The lowest BCUT2D eigenvalue weighted by Crippen LogP contribution is -2.45. The Morgan fingerprint density at radius 1 is 1.26 bits per heavy atom. The standard InChI is InChI=1S/C18H27N3O2/c1-17(2,3)23-16(22)20-12-18(4,11-19)14-6-7-15-13(10-14)8-9-21(15)5/h6-10H,11-12,19H2,1-5H3,(H,20,22). The molecule has 1 aromatic heterocycles. The maximum Gasteiger partial charge on any atom is 0.407 e. The van der Waals surface area contributed by atoms with Crippen LogP contribution in [0.25, 0.3) is 10.9 Å². The Morgan fingerprint density at radius 2 is 1.96 bits per heavy atom. The van der Waals surface area contributed by atoms with Crippen LogP contribution < -0.4 is 11.1 Å². The van der Waals surface area contributed by atoms with Crippen LogP contribution in [0.1, 0.15) is 33.3 Å². The average Bonchev–Trinajstić information content (AvgIpc) is 2.84. The van der Waals surface area contributed by atoms with Gasteiger partial charge in [0, 0.05) is 37.3 Å². The molecule has 0 spiro atoms. The number of benzene rings is 1. The monoisotopic (exact) mass is 317 g/mol. The smallest absolute Gasteiger partial charge is 0.407 e. The molecule has 5 heteroatoms. The molecule has 1 heterocycles. The minimum absolute atomic E-state index is 0.346. The molecule has 2 aromatic rings. The molecule has 0 saturated carbocycles. The number of aromatic nitrogens is 1. The molecule has 23 heavy (non-hydrogen) atoms. The van der Waals surface area contributed by atoms with Crippen LogP contribution in [0.5, 0.6) is 0 Å². The van der Waals surface area contributed by atoms with Gasteiger partial charge in [0.1, 0.15) is 5.60 Å². The molecular formula is C18H27N3O2. The molecule has 1 unspecified atom stereocenters. The van der Waals surface area contributed by atoms with E-state index in [1.165, 1.54) is 10.9 Å². The van der Waals surface area contributed by atoms with E-state index < -0.39 is 11.7 Å². The lowest BCUT2D eigenvalue weighted by atomic mass is 9.82. The van der Waals surface area contributed by atoms with Crippen molar-refractivity contribution >= 4 is 17.0 Å². The summed E-state index contributed by atoms with van der Waals surface area (Å²) in [6, 6.07) is 8.38. The summed E-state index contributed by atoms with van der Waals surface area (Å²) < 4.78 is 7.37. The average molecular weight is 317 g/mol. The van der Waals surface area contributed by atoms with Gasteiger partial charge in [0.25, 0.3) is 0 Å². The first kappa shape index (κ1) is 17.3. The van der Waals surface area contributed by atoms with E-state index in [2.05, 4.69) is 41.1 Å². The van der Waals surface area contributed by atoms with Gasteiger partial charge in [0.15, 0.2) is 0 Å². The fourth-order valence-electron chi connectivity index (χ4n) is 2.53. The number of aryl methyl sites for hydroxylation is 1. The number of carbonyl (C=O) groups excluding carboxylic acids is 1. The molecule has 0 aliphatic carbocycles. The van der Waals surface area contributed by atoms with Crippen molar-refractivity contribution in [1.29, 1.82) is 0 Å². The molecule has 0 saturated heterocycles. The van der Waals surface area contributed by atoms with Crippen molar-refractivity contribution in [3.8, 4) is 0 Å². The van der Waals surface area contributed by atoms with Crippen LogP contribution in [0, 0.1) is 0 Å². The van der Waals surface area contributed by atoms with Gasteiger partial charge in [-0.25, -0.2) is 4.79 Å². The Labute approximate surface area is 137 Å². The maximum absolute atomic E-state index is 11.9. The van der Waals surface area contributed by atoms with Gasteiger partial charge in [-0.15, -0.1) is 0 Å². The molecule has 1 aromatic carbocycles. The Balaban J connectivity index is 2.16. The van der Waals surface area contributed by atoms with E-state index >= 15 is 0 Å². The first-order valence-corrected chi connectivity index (χ1v) is 7.87. The van der Waals surface area contributed by atoms with E-state index in [1.807, 2.05) is 34.0 Å². The third-order valence-electron chi connectivity index (χ3n) is 4.05. The highest BCUT2D eigenvalue weighted by Gasteiger charge is 2.27. The van der Waals surface area contributed by atoms with Crippen LogP contribution in [0.15, 0.2) is 30.5 Å². The molecular weight excluding hydrogens is 290 g/mol. The fraction of sp³-hybridized carbons (Fsp3) is 0.500. The van der Waals surface area contributed by atoms with E-state index in [4.69, 9.17) is 10.5 Å². The number of hydrogen-bond donors (Lipinski definition) is 2.